The second-order valence-electron chi connectivity index (χ2n) is 11.8. The van der Waals surface area contributed by atoms with Gasteiger partial charge in [0, 0.05) is 10.6 Å². The van der Waals surface area contributed by atoms with Crippen LogP contribution in [0.2, 0.25) is 0 Å². The van der Waals surface area contributed by atoms with Crippen LogP contribution >= 0.6 is 23.1 Å². The summed E-state index contributed by atoms with van der Waals surface area (Å²) in [6, 6.07) is 11.0. The summed E-state index contributed by atoms with van der Waals surface area (Å²) in [6.07, 6.45) is 4.08. The number of esters is 1. The molecule has 44 heavy (non-hydrogen) atoms. The van der Waals surface area contributed by atoms with E-state index in [-0.39, 0.29) is 41.9 Å². The van der Waals surface area contributed by atoms with Crippen molar-refractivity contribution in [3.05, 3.63) is 75.8 Å². The average Bonchev–Trinajstić information content (AvgIpc) is 3.73. The number of amides is 2. The number of aryl methyl sites for hydroxylation is 1. The quantitative estimate of drug-likeness (QED) is 0.155. The first-order valence-electron chi connectivity index (χ1n) is 14.6. The molecule has 0 bridgehead atoms. The molecule has 0 radical (unpaired) electrons. The highest BCUT2D eigenvalue weighted by Crippen LogP contribution is 2.44. The Kier molecular flexibility index (Phi) is 9.59. The minimum Gasteiger partial charge on any atom is -0.462 e. The molecule has 2 N–H and O–H groups in total. The molecule has 3 aromatic heterocycles. The van der Waals surface area contributed by atoms with Gasteiger partial charge in [-0.2, -0.15) is 0 Å². The predicted molar refractivity (Wildman–Crippen MR) is 171 cm³/mol. The standard InChI is InChI=1S/C32H37N5O5S2/c1-6-41-30(40)27-22-13-12-20(32(3,4)5)16-24(22)44-29(27)34-26(38)18-43-31-36-35-25(17-33-28(39)23-11-8-14-42-23)37(31)21-10-7-9-19(2)15-21/h7-11,14-15,20H,6,12-13,16-18H2,1-5H3,(H,33,39)(H,34,38). The number of nitrogens with zero attached hydrogens (tertiary/aromatic N) is 3. The summed E-state index contributed by atoms with van der Waals surface area (Å²) in [4.78, 5) is 40.0. The lowest BCUT2D eigenvalue weighted by atomic mass is 9.72. The lowest BCUT2D eigenvalue weighted by Gasteiger charge is -2.33. The summed E-state index contributed by atoms with van der Waals surface area (Å²) >= 11 is 2.70. The number of anilines is 1. The Labute approximate surface area is 265 Å². The highest BCUT2D eigenvalue weighted by Gasteiger charge is 2.34. The van der Waals surface area contributed by atoms with Crippen LogP contribution in [0.15, 0.2) is 52.2 Å². The van der Waals surface area contributed by atoms with Gasteiger partial charge in [0.1, 0.15) is 5.00 Å². The second kappa shape index (κ2) is 13.4. The molecule has 1 atom stereocenters. The molecular formula is C32H37N5O5S2. The summed E-state index contributed by atoms with van der Waals surface area (Å²) in [5.41, 5.74) is 3.48. The number of thioether (sulfide) groups is 1. The first-order valence-corrected chi connectivity index (χ1v) is 16.4. The highest BCUT2D eigenvalue weighted by molar-refractivity contribution is 7.99. The van der Waals surface area contributed by atoms with Gasteiger partial charge in [-0.1, -0.05) is 44.7 Å². The molecule has 232 valence electrons. The van der Waals surface area contributed by atoms with E-state index in [1.807, 2.05) is 35.8 Å². The molecule has 0 fully saturated rings. The minimum atomic E-state index is -0.400. The van der Waals surface area contributed by atoms with Gasteiger partial charge in [-0.3, -0.25) is 14.2 Å². The van der Waals surface area contributed by atoms with E-state index in [9.17, 15) is 14.4 Å². The molecule has 1 aliphatic carbocycles. The van der Waals surface area contributed by atoms with Crippen LogP contribution in [0.25, 0.3) is 5.69 Å². The molecule has 0 aliphatic heterocycles. The average molecular weight is 636 g/mol. The number of ether oxygens (including phenoxy) is 1. The molecular weight excluding hydrogens is 599 g/mol. The number of rotatable bonds is 10. The van der Waals surface area contributed by atoms with Crippen molar-refractivity contribution in [2.75, 3.05) is 17.7 Å². The molecule has 1 unspecified atom stereocenters. The monoisotopic (exact) mass is 635 g/mol. The van der Waals surface area contributed by atoms with Gasteiger partial charge in [-0.15, -0.1) is 21.5 Å². The third-order valence-electron chi connectivity index (χ3n) is 7.67. The lowest BCUT2D eigenvalue weighted by Crippen LogP contribution is -2.26. The third kappa shape index (κ3) is 7.07. The maximum absolute atomic E-state index is 13.3. The summed E-state index contributed by atoms with van der Waals surface area (Å²) in [7, 11) is 0. The molecule has 2 amide bonds. The van der Waals surface area contributed by atoms with E-state index in [1.165, 1.54) is 29.4 Å². The molecule has 12 heteroatoms. The number of nitrogens with one attached hydrogen (secondary N) is 2. The van der Waals surface area contributed by atoms with E-state index < -0.39 is 5.97 Å². The van der Waals surface area contributed by atoms with Crippen LogP contribution in [0.5, 0.6) is 0 Å². The number of thiophene rings is 1. The molecule has 0 saturated carbocycles. The van der Waals surface area contributed by atoms with Gasteiger partial charge in [0.05, 0.1) is 30.7 Å². The first kappa shape index (κ1) is 31.5. The van der Waals surface area contributed by atoms with Crippen LogP contribution in [0.1, 0.15) is 76.9 Å². The molecule has 0 saturated heterocycles. The fourth-order valence-electron chi connectivity index (χ4n) is 5.31. The number of benzene rings is 1. The van der Waals surface area contributed by atoms with Crippen molar-refractivity contribution in [2.24, 2.45) is 11.3 Å². The van der Waals surface area contributed by atoms with Crippen molar-refractivity contribution in [1.29, 1.82) is 0 Å². The first-order chi connectivity index (χ1) is 21.0. The lowest BCUT2D eigenvalue weighted by molar-refractivity contribution is -0.113. The Hall–Kier alpha value is -3.90. The summed E-state index contributed by atoms with van der Waals surface area (Å²) in [5, 5.41) is 15.5. The van der Waals surface area contributed by atoms with Crippen molar-refractivity contribution >= 4 is 45.9 Å². The maximum Gasteiger partial charge on any atom is 0.341 e. The molecule has 0 spiro atoms. The zero-order valence-electron chi connectivity index (χ0n) is 25.6. The molecule has 10 nitrogen and oxygen atoms in total. The van der Waals surface area contributed by atoms with Gasteiger partial charge in [0.25, 0.3) is 5.91 Å². The zero-order valence-corrected chi connectivity index (χ0v) is 27.2. The van der Waals surface area contributed by atoms with Gasteiger partial charge >= 0.3 is 5.97 Å². The Bertz CT molecular complexity index is 1650. The van der Waals surface area contributed by atoms with Gasteiger partial charge in [-0.25, -0.2) is 4.79 Å². The predicted octanol–water partition coefficient (Wildman–Crippen LogP) is 6.22. The summed E-state index contributed by atoms with van der Waals surface area (Å²) in [6.45, 7) is 10.9. The molecule has 5 rings (SSSR count). The number of furan rings is 1. The van der Waals surface area contributed by atoms with E-state index in [2.05, 4.69) is 41.6 Å². The Morgan fingerprint density at radius 3 is 2.70 bits per heavy atom. The van der Waals surface area contributed by atoms with E-state index in [0.29, 0.717) is 27.5 Å². The number of carbonyl (C=O) groups is 3. The van der Waals surface area contributed by atoms with Crippen LogP contribution in [0.3, 0.4) is 0 Å². The normalized spacial score (nSPS) is 14.6. The Morgan fingerprint density at radius 1 is 1.18 bits per heavy atom. The van der Waals surface area contributed by atoms with E-state index in [1.54, 1.807) is 19.1 Å². The maximum atomic E-state index is 13.3. The molecule has 1 aliphatic rings. The Morgan fingerprint density at radius 2 is 2.00 bits per heavy atom. The second-order valence-corrected chi connectivity index (χ2v) is 13.9. The van der Waals surface area contributed by atoms with E-state index >= 15 is 0 Å². The smallest absolute Gasteiger partial charge is 0.341 e. The molecule has 1 aromatic carbocycles. The largest absolute Gasteiger partial charge is 0.462 e. The van der Waals surface area contributed by atoms with Crippen molar-refractivity contribution in [3.8, 4) is 5.69 Å². The van der Waals surface area contributed by atoms with Crippen LogP contribution in [-0.2, 0) is 28.9 Å². The van der Waals surface area contributed by atoms with Crippen molar-refractivity contribution < 1.29 is 23.5 Å². The summed E-state index contributed by atoms with van der Waals surface area (Å²) < 4.78 is 12.4. The van der Waals surface area contributed by atoms with Crippen LogP contribution in [-0.4, -0.2) is 44.9 Å². The van der Waals surface area contributed by atoms with Crippen molar-refractivity contribution in [3.63, 3.8) is 0 Å². The van der Waals surface area contributed by atoms with Crippen molar-refractivity contribution in [2.45, 2.75) is 65.6 Å². The molecule has 3 heterocycles. The number of carbonyl (C=O) groups excluding carboxylic acids is 3. The Balaban J connectivity index is 1.34. The summed E-state index contributed by atoms with van der Waals surface area (Å²) in [5.74, 6) is 0.200. The fourth-order valence-corrected chi connectivity index (χ4v) is 7.42. The highest BCUT2D eigenvalue weighted by atomic mass is 32.2. The van der Waals surface area contributed by atoms with Crippen molar-refractivity contribution in [1.82, 2.24) is 20.1 Å². The number of aromatic nitrogens is 3. The van der Waals surface area contributed by atoms with Crippen LogP contribution in [0, 0.1) is 18.3 Å². The van der Waals surface area contributed by atoms with Crippen LogP contribution in [0.4, 0.5) is 5.00 Å². The molecule has 4 aromatic rings. The van der Waals surface area contributed by atoms with Crippen LogP contribution < -0.4 is 10.6 Å². The number of fused-ring (bicyclic) bond motifs is 1. The van der Waals surface area contributed by atoms with Gasteiger partial charge < -0.3 is 19.8 Å². The minimum absolute atomic E-state index is 0.0398. The number of hydrogen-bond acceptors (Lipinski definition) is 9. The van der Waals surface area contributed by atoms with Gasteiger partial charge in [-0.05, 0) is 79.8 Å². The van der Waals surface area contributed by atoms with E-state index in [0.717, 1.165) is 41.0 Å². The fraction of sp³-hybridized carbons (Fsp3) is 0.406. The number of hydrogen-bond donors (Lipinski definition) is 2. The van der Waals surface area contributed by atoms with Gasteiger partial charge in [0.2, 0.25) is 5.91 Å². The van der Waals surface area contributed by atoms with Gasteiger partial charge in [0.15, 0.2) is 16.7 Å². The third-order valence-corrected chi connectivity index (χ3v) is 9.77. The topological polar surface area (TPSA) is 128 Å². The van der Waals surface area contributed by atoms with E-state index in [4.69, 9.17) is 9.15 Å². The zero-order chi connectivity index (χ0) is 31.4. The SMILES string of the molecule is CCOC(=O)c1c(NC(=O)CSc2nnc(CNC(=O)c3ccco3)n2-c2cccc(C)c2)sc2c1CCC(C(C)(C)C)C2.